The predicted octanol–water partition coefficient (Wildman–Crippen LogP) is 3.41. The summed E-state index contributed by atoms with van der Waals surface area (Å²) in [5.41, 5.74) is 5.46. The Bertz CT molecular complexity index is 1620. The lowest BCUT2D eigenvalue weighted by molar-refractivity contribution is -0.834. The van der Waals surface area contributed by atoms with Crippen LogP contribution in [0.1, 0.15) is 0 Å². The van der Waals surface area contributed by atoms with Crippen LogP contribution in [0.5, 0.6) is 0 Å². The molecule has 7 rings (SSSR count). The molecule has 186 valence electrons. The molecule has 0 amide bonds. The molecule has 0 fully saturated rings. The highest BCUT2D eigenvalue weighted by atomic mass is 32.1. The minimum absolute atomic E-state index is 0.894. The van der Waals surface area contributed by atoms with Crippen molar-refractivity contribution < 1.29 is 21.8 Å². The first-order chi connectivity index (χ1) is 18.0. The maximum absolute atomic E-state index is 4.88. The van der Waals surface area contributed by atoms with Crippen molar-refractivity contribution in [1.82, 2.24) is 13.9 Å². The average Bonchev–Trinajstić information content (AvgIpc) is 3.67. The molecule has 0 bridgehead atoms. The Morgan fingerprint density at radius 3 is 1.92 bits per heavy atom. The molecule has 0 aliphatic rings. The van der Waals surface area contributed by atoms with Gasteiger partial charge in [0.25, 0.3) is 29.0 Å². The Balaban J connectivity index is 0.000000118. The van der Waals surface area contributed by atoms with Gasteiger partial charge in [0, 0.05) is 26.3 Å². The minimum atomic E-state index is 0.894. The fourth-order valence-electron chi connectivity index (χ4n) is 3.47. The fraction of sp³-hybridized carbons (Fsp3) is 0.148. The van der Waals surface area contributed by atoms with Crippen LogP contribution < -0.4 is 17.2 Å². The molecule has 37 heavy (non-hydrogen) atoms. The first-order valence-electron chi connectivity index (χ1n) is 11.5. The monoisotopic (exact) mass is 531 g/mol. The van der Waals surface area contributed by atoms with Crippen molar-refractivity contribution >= 4 is 56.4 Å². The molecule has 0 unspecified atom stereocenters. The molecular formula is C27H29N7OS2+4. The second-order valence-electron chi connectivity index (χ2n) is 8.03. The smallest absolute Gasteiger partial charge is 0.201 e. The number of aryl methyl sites for hydroxylation is 4. The Hall–Kier alpha value is -4.15. The molecule has 0 spiro atoms. The number of pyridine rings is 1. The van der Waals surface area contributed by atoms with Crippen molar-refractivity contribution in [2.45, 2.75) is 0 Å². The molecule has 8 nitrogen and oxygen atoms in total. The lowest BCUT2D eigenvalue weighted by Crippen LogP contribution is -2.27. The van der Waals surface area contributed by atoms with Gasteiger partial charge in [0.05, 0.1) is 14.1 Å². The Labute approximate surface area is 223 Å². The van der Waals surface area contributed by atoms with Crippen molar-refractivity contribution in [2.75, 3.05) is 0 Å². The van der Waals surface area contributed by atoms with Crippen LogP contribution in [0.15, 0.2) is 108 Å². The van der Waals surface area contributed by atoms with Crippen LogP contribution in [0, 0.1) is 0 Å². The van der Waals surface area contributed by atoms with Gasteiger partial charge in [-0.3, -0.25) is 0 Å². The second-order valence-corrected chi connectivity index (χ2v) is 9.87. The highest BCUT2D eigenvalue weighted by molar-refractivity contribution is 6.95. The Morgan fingerprint density at radius 2 is 1.30 bits per heavy atom. The number of fused-ring (bicyclic) bond motifs is 3. The van der Waals surface area contributed by atoms with Gasteiger partial charge in [-0.05, 0) is 36.4 Å². The summed E-state index contributed by atoms with van der Waals surface area (Å²) in [5.74, 6) is 0. The van der Waals surface area contributed by atoms with E-state index in [2.05, 4.69) is 78.1 Å². The molecule has 3 aromatic carbocycles. The standard InChI is InChI=1S/C10H10N.C7H7N2O.C7H7N2S.C3H5N2S/c1-11-8-4-6-9-5-2-3-7-10(9)11;2*1-9-7-5-3-2-4-6(7)8-10-9;1-5-3-2-4-6-5/h2-8H,1H3;2*2-5H,1H3;2-3H,1H3/q4*+1. The summed E-state index contributed by atoms with van der Waals surface area (Å²) >= 11 is 2.93. The van der Waals surface area contributed by atoms with Gasteiger partial charge in [0.2, 0.25) is 16.6 Å². The predicted molar refractivity (Wildman–Crippen MR) is 144 cm³/mol. The van der Waals surface area contributed by atoms with E-state index in [-0.39, 0.29) is 0 Å². The van der Waals surface area contributed by atoms with E-state index in [1.165, 1.54) is 39.9 Å². The van der Waals surface area contributed by atoms with E-state index in [4.69, 9.17) is 4.63 Å². The van der Waals surface area contributed by atoms with Crippen LogP contribution in [0.25, 0.3) is 33.0 Å². The number of para-hydroxylation sites is 3. The zero-order chi connectivity index (χ0) is 26.0. The second kappa shape index (κ2) is 12.7. The molecule has 0 saturated carbocycles. The molecule has 0 aliphatic carbocycles. The summed E-state index contributed by atoms with van der Waals surface area (Å²) in [6.07, 6.45) is 5.73. The molecule has 4 aromatic heterocycles. The SMILES string of the molecule is C[n+]1cccc2ccccc21.C[n+]1ccns1.C[n+]1onc2ccccc21.C[n+]1snc2ccccc21. The Morgan fingerprint density at radius 1 is 0.649 bits per heavy atom. The van der Waals surface area contributed by atoms with Crippen molar-refractivity contribution in [3.05, 3.63) is 104 Å². The average molecular weight is 532 g/mol. The van der Waals surface area contributed by atoms with Gasteiger partial charge < -0.3 is 0 Å². The molecule has 0 N–H and O–H groups in total. The number of hydrogen-bond acceptors (Lipinski definition) is 6. The normalized spacial score (nSPS) is 10.2. The zero-order valence-electron chi connectivity index (χ0n) is 21.2. The molecular weight excluding hydrogens is 502 g/mol. The van der Waals surface area contributed by atoms with E-state index in [0.29, 0.717) is 0 Å². The highest BCUT2D eigenvalue weighted by Gasteiger charge is 2.09. The molecule has 10 heteroatoms. The zero-order valence-corrected chi connectivity index (χ0v) is 22.8. The molecule has 0 radical (unpaired) electrons. The molecule has 0 atom stereocenters. The Kier molecular flexibility index (Phi) is 8.90. The third kappa shape index (κ3) is 6.96. The van der Waals surface area contributed by atoms with Gasteiger partial charge in [-0.1, -0.05) is 45.8 Å². The van der Waals surface area contributed by atoms with Gasteiger partial charge in [-0.2, -0.15) is 7.91 Å². The minimum Gasteiger partial charge on any atom is -0.201 e. The van der Waals surface area contributed by atoms with E-state index in [1.807, 2.05) is 73.8 Å². The fourth-order valence-corrected chi connectivity index (χ4v) is 4.44. The van der Waals surface area contributed by atoms with Crippen LogP contribution >= 0.6 is 23.5 Å². The number of nitrogens with zero attached hydrogens (tertiary/aromatic N) is 7. The molecule has 4 heterocycles. The third-order valence-corrected chi connectivity index (χ3v) is 6.70. The third-order valence-electron chi connectivity index (χ3n) is 5.38. The van der Waals surface area contributed by atoms with Crippen LogP contribution in [-0.2, 0) is 28.2 Å². The van der Waals surface area contributed by atoms with Gasteiger partial charge in [0.1, 0.15) is 20.3 Å². The largest absolute Gasteiger partial charge is 0.277 e. The summed E-state index contributed by atoms with van der Waals surface area (Å²) in [7, 11) is 7.86. The van der Waals surface area contributed by atoms with Gasteiger partial charge in [-0.15, -0.1) is 0 Å². The van der Waals surface area contributed by atoms with Crippen LogP contribution in [0.2, 0.25) is 0 Å². The van der Waals surface area contributed by atoms with Gasteiger partial charge in [0.15, 0.2) is 23.1 Å². The maximum Gasteiger partial charge on any atom is 0.277 e. The van der Waals surface area contributed by atoms with Crippen LogP contribution in [0.3, 0.4) is 0 Å². The summed E-state index contributed by atoms with van der Waals surface area (Å²) in [6.45, 7) is 0. The van der Waals surface area contributed by atoms with E-state index in [1.54, 1.807) is 10.9 Å². The van der Waals surface area contributed by atoms with Crippen molar-refractivity contribution in [3.8, 4) is 0 Å². The first kappa shape index (κ1) is 25.9. The van der Waals surface area contributed by atoms with Crippen molar-refractivity contribution in [1.29, 1.82) is 0 Å². The van der Waals surface area contributed by atoms with Crippen LogP contribution in [0.4, 0.5) is 0 Å². The summed E-state index contributed by atoms with van der Waals surface area (Å²) in [5, 5.41) is 5.10. The van der Waals surface area contributed by atoms with Crippen molar-refractivity contribution in [3.63, 3.8) is 0 Å². The molecule has 7 aromatic rings. The van der Waals surface area contributed by atoms with E-state index >= 15 is 0 Å². The summed E-state index contributed by atoms with van der Waals surface area (Å²) < 4.78 is 20.7. The maximum atomic E-state index is 4.88. The number of hydrogen-bond donors (Lipinski definition) is 0. The van der Waals surface area contributed by atoms with E-state index in [0.717, 1.165) is 16.6 Å². The quantitative estimate of drug-likeness (QED) is 0.282. The van der Waals surface area contributed by atoms with E-state index in [9.17, 15) is 0 Å². The van der Waals surface area contributed by atoms with E-state index < -0.39 is 0 Å². The lowest BCUT2D eigenvalue weighted by atomic mass is 10.2. The van der Waals surface area contributed by atoms with Crippen LogP contribution in [-0.4, -0.2) is 13.9 Å². The number of rotatable bonds is 0. The summed E-state index contributed by atoms with van der Waals surface area (Å²) in [6, 6.07) is 28.4. The molecule has 0 saturated heterocycles. The van der Waals surface area contributed by atoms with Gasteiger partial charge >= 0.3 is 0 Å². The van der Waals surface area contributed by atoms with Crippen molar-refractivity contribution in [2.24, 2.45) is 28.2 Å². The molecule has 0 aliphatic heterocycles. The van der Waals surface area contributed by atoms with Gasteiger partial charge in [-0.25, -0.2) is 4.57 Å². The first-order valence-corrected chi connectivity index (χ1v) is 13.0. The summed E-state index contributed by atoms with van der Waals surface area (Å²) in [4.78, 5) is 0. The number of benzene rings is 3. The number of aromatic nitrogens is 7. The highest BCUT2D eigenvalue weighted by Crippen LogP contribution is 2.07. The lowest BCUT2D eigenvalue weighted by Gasteiger charge is -1.93. The topological polar surface area (TPSA) is 67.3 Å².